The van der Waals surface area contributed by atoms with Crippen LogP contribution in [0.4, 0.5) is 0 Å². The van der Waals surface area contributed by atoms with Crippen LogP contribution in [0.15, 0.2) is 12.1 Å². The fourth-order valence-corrected chi connectivity index (χ4v) is 2.56. The van der Waals surface area contributed by atoms with Gasteiger partial charge in [-0.15, -0.1) is 0 Å². The lowest BCUT2D eigenvalue weighted by atomic mass is 9.93. The fraction of sp³-hybridized carbons (Fsp3) is 0.533. The van der Waals surface area contributed by atoms with E-state index < -0.39 is 0 Å². The van der Waals surface area contributed by atoms with E-state index in [-0.39, 0.29) is 11.7 Å². The number of carbonyl (C=O) groups excluding carboxylic acids is 1. The molecule has 1 saturated carbocycles. The topological polar surface area (TPSA) is 26.3 Å². The Labute approximate surface area is 103 Å². The van der Waals surface area contributed by atoms with Gasteiger partial charge in [-0.1, -0.05) is 12.8 Å². The van der Waals surface area contributed by atoms with Crippen molar-refractivity contribution in [3.05, 3.63) is 28.8 Å². The second-order valence-corrected chi connectivity index (χ2v) is 4.98. The molecule has 0 heterocycles. The molecule has 1 aliphatic carbocycles. The van der Waals surface area contributed by atoms with E-state index in [4.69, 9.17) is 4.74 Å². The number of hydrogen-bond donors (Lipinski definition) is 0. The van der Waals surface area contributed by atoms with Gasteiger partial charge in [0.15, 0.2) is 5.78 Å². The smallest absolute Gasteiger partial charge is 0.169 e. The van der Waals surface area contributed by atoms with Crippen molar-refractivity contribution in [1.29, 1.82) is 0 Å². The van der Waals surface area contributed by atoms with Crippen molar-refractivity contribution in [2.24, 2.45) is 5.92 Å². The highest BCUT2D eigenvalue weighted by Gasteiger charge is 2.26. The minimum Gasteiger partial charge on any atom is -0.496 e. The summed E-state index contributed by atoms with van der Waals surface area (Å²) < 4.78 is 5.34. The highest BCUT2D eigenvalue weighted by atomic mass is 16.5. The fourth-order valence-electron chi connectivity index (χ4n) is 2.56. The van der Waals surface area contributed by atoms with Gasteiger partial charge in [-0.3, -0.25) is 4.79 Å². The monoisotopic (exact) mass is 232 g/mol. The van der Waals surface area contributed by atoms with Crippen LogP contribution in [0.1, 0.15) is 47.2 Å². The summed E-state index contributed by atoms with van der Waals surface area (Å²) in [5.41, 5.74) is 3.10. The molecule has 1 aromatic rings. The zero-order valence-corrected chi connectivity index (χ0v) is 10.9. The average molecular weight is 232 g/mol. The first kappa shape index (κ1) is 12.2. The van der Waals surface area contributed by atoms with Gasteiger partial charge in [0.25, 0.3) is 0 Å². The van der Waals surface area contributed by atoms with Crippen molar-refractivity contribution in [1.82, 2.24) is 0 Å². The van der Waals surface area contributed by atoms with Crippen LogP contribution >= 0.6 is 0 Å². The van der Waals surface area contributed by atoms with Gasteiger partial charge in [0.2, 0.25) is 0 Å². The third-order valence-electron chi connectivity index (χ3n) is 3.81. The van der Waals surface area contributed by atoms with E-state index in [9.17, 15) is 4.79 Å². The van der Waals surface area contributed by atoms with Crippen molar-refractivity contribution in [2.45, 2.75) is 39.5 Å². The SMILES string of the molecule is COc1cc(C)c(C)cc1C(=O)C1CCCC1. The number of ether oxygens (including phenoxy) is 1. The van der Waals surface area contributed by atoms with Crippen LogP contribution in [0.25, 0.3) is 0 Å². The highest BCUT2D eigenvalue weighted by molar-refractivity contribution is 6.00. The Kier molecular flexibility index (Phi) is 3.51. The van der Waals surface area contributed by atoms with Crippen molar-refractivity contribution >= 4 is 5.78 Å². The molecule has 0 amide bonds. The van der Waals surface area contributed by atoms with Crippen molar-refractivity contribution in [3.8, 4) is 5.75 Å². The largest absolute Gasteiger partial charge is 0.496 e. The quantitative estimate of drug-likeness (QED) is 0.743. The second-order valence-electron chi connectivity index (χ2n) is 4.98. The molecule has 1 aliphatic rings. The normalized spacial score (nSPS) is 16.2. The molecule has 92 valence electrons. The van der Waals surface area contributed by atoms with E-state index in [1.165, 1.54) is 18.4 Å². The van der Waals surface area contributed by atoms with Gasteiger partial charge in [-0.25, -0.2) is 0 Å². The summed E-state index contributed by atoms with van der Waals surface area (Å²) in [6, 6.07) is 3.95. The molecule has 17 heavy (non-hydrogen) atoms. The van der Waals surface area contributed by atoms with Crippen LogP contribution < -0.4 is 4.74 Å². The van der Waals surface area contributed by atoms with Crippen molar-refractivity contribution in [2.75, 3.05) is 7.11 Å². The summed E-state index contributed by atoms with van der Waals surface area (Å²) in [4.78, 5) is 12.4. The van der Waals surface area contributed by atoms with Crippen LogP contribution in [0.2, 0.25) is 0 Å². The number of hydrogen-bond acceptors (Lipinski definition) is 2. The predicted molar refractivity (Wildman–Crippen MR) is 68.8 cm³/mol. The van der Waals surface area contributed by atoms with Crippen molar-refractivity contribution in [3.63, 3.8) is 0 Å². The molecule has 0 aromatic heterocycles. The second kappa shape index (κ2) is 4.91. The molecule has 2 heteroatoms. The Morgan fingerprint density at radius 1 is 1.18 bits per heavy atom. The van der Waals surface area contributed by atoms with E-state index >= 15 is 0 Å². The first-order valence-electron chi connectivity index (χ1n) is 6.33. The third-order valence-corrected chi connectivity index (χ3v) is 3.81. The number of ketones is 1. The molecule has 0 saturated heterocycles. The third kappa shape index (κ3) is 2.36. The molecule has 1 fully saturated rings. The first-order chi connectivity index (χ1) is 8.13. The lowest BCUT2D eigenvalue weighted by Gasteiger charge is -2.14. The molecule has 0 unspecified atom stereocenters. The van der Waals surface area contributed by atoms with Crippen LogP contribution in [0, 0.1) is 19.8 Å². The number of methoxy groups -OCH3 is 1. The molecule has 2 rings (SSSR count). The van der Waals surface area contributed by atoms with Crippen LogP contribution in [-0.2, 0) is 0 Å². The lowest BCUT2D eigenvalue weighted by molar-refractivity contribution is 0.0919. The predicted octanol–water partition coefficient (Wildman–Crippen LogP) is 3.68. The van der Waals surface area contributed by atoms with Gasteiger partial charge in [0.1, 0.15) is 5.75 Å². The Balaban J connectivity index is 2.36. The molecule has 2 nitrogen and oxygen atoms in total. The average Bonchev–Trinajstić information content (AvgIpc) is 2.84. The van der Waals surface area contributed by atoms with Gasteiger partial charge in [-0.2, -0.15) is 0 Å². The summed E-state index contributed by atoms with van der Waals surface area (Å²) >= 11 is 0. The highest BCUT2D eigenvalue weighted by Crippen LogP contribution is 2.32. The first-order valence-corrected chi connectivity index (χ1v) is 6.33. The van der Waals surface area contributed by atoms with E-state index in [0.29, 0.717) is 0 Å². The number of benzene rings is 1. The van der Waals surface area contributed by atoms with Crippen LogP contribution in [0.5, 0.6) is 5.75 Å². The maximum atomic E-state index is 12.4. The molecule has 0 atom stereocenters. The Bertz CT molecular complexity index is 429. The summed E-state index contributed by atoms with van der Waals surface area (Å²) in [5, 5.41) is 0. The van der Waals surface area contributed by atoms with E-state index in [1.54, 1.807) is 7.11 Å². The van der Waals surface area contributed by atoms with Crippen LogP contribution in [-0.4, -0.2) is 12.9 Å². The number of aryl methyl sites for hydroxylation is 2. The molecule has 0 bridgehead atoms. The van der Waals surface area contributed by atoms with Gasteiger partial charge in [0.05, 0.1) is 12.7 Å². The summed E-state index contributed by atoms with van der Waals surface area (Å²) in [7, 11) is 1.63. The summed E-state index contributed by atoms with van der Waals surface area (Å²) in [5.74, 6) is 1.21. The molecular weight excluding hydrogens is 212 g/mol. The van der Waals surface area contributed by atoms with Crippen LogP contribution in [0.3, 0.4) is 0 Å². The van der Waals surface area contributed by atoms with Gasteiger partial charge < -0.3 is 4.74 Å². The summed E-state index contributed by atoms with van der Waals surface area (Å²) in [6.45, 7) is 4.09. The number of carbonyl (C=O) groups is 1. The lowest BCUT2D eigenvalue weighted by Crippen LogP contribution is -2.12. The van der Waals surface area contributed by atoms with E-state index in [0.717, 1.165) is 29.7 Å². The molecular formula is C15H20O2. The number of rotatable bonds is 3. The molecule has 0 spiro atoms. The van der Waals surface area contributed by atoms with Crippen molar-refractivity contribution < 1.29 is 9.53 Å². The standard InChI is InChI=1S/C15H20O2/c1-10-8-13(14(17-3)9-11(10)2)15(16)12-6-4-5-7-12/h8-9,12H,4-7H2,1-3H3. The minimum absolute atomic E-state index is 0.214. The Morgan fingerprint density at radius 2 is 1.76 bits per heavy atom. The van der Waals surface area contributed by atoms with E-state index in [1.807, 2.05) is 26.0 Å². The Morgan fingerprint density at radius 3 is 2.35 bits per heavy atom. The van der Waals surface area contributed by atoms with Gasteiger partial charge >= 0.3 is 0 Å². The maximum Gasteiger partial charge on any atom is 0.169 e. The molecule has 0 radical (unpaired) electrons. The Hall–Kier alpha value is -1.31. The summed E-state index contributed by atoms with van der Waals surface area (Å²) in [6.07, 6.45) is 4.44. The van der Waals surface area contributed by atoms with Gasteiger partial charge in [0, 0.05) is 5.92 Å². The van der Waals surface area contributed by atoms with E-state index in [2.05, 4.69) is 0 Å². The zero-order chi connectivity index (χ0) is 12.4. The maximum absolute atomic E-state index is 12.4. The minimum atomic E-state index is 0.214. The molecule has 0 aliphatic heterocycles. The zero-order valence-electron chi connectivity index (χ0n) is 10.9. The molecule has 0 N–H and O–H groups in total. The number of Topliss-reactive ketones (excluding diaryl/α,β-unsaturated/α-hetero) is 1. The molecule has 1 aromatic carbocycles. The van der Waals surface area contributed by atoms with Gasteiger partial charge in [-0.05, 0) is 49.9 Å².